The third-order valence-electron chi connectivity index (χ3n) is 9.89. The Labute approximate surface area is 318 Å². The largest absolute Gasteiger partial charge is 0.456 e. The molecule has 10 rings (SSSR count). The zero-order valence-electron chi connectivity index (χ0n) is 29.7. The second kappa shape index (κ2) is 13.8. The van der Waals surface area contributed by atoms with Crippen LogP contribution in [0.2, 0.25) is 0 Å². The summed E-state index contributed by atoms with van der Waals surface area (Å²) in [6.45, 7) is 0. The number of hydrogen-bond acceptors (Lipinski definition) is 5. The molecule has 0 amide bonds. The van der Waals surface area contributed by atoms with Gasteiger partial charge in [0, 0.05) is 44.2 Å². The molecule has 3 heterocycles. The fourth-order valence-corrected chi connectivity index (χ4v) is 7.23. The van der Waals surface area contributed by atoms with E-state index in [1.165, 1.54) is 0 Å². The molecule has 10 aromatic rings. The molecule has 0 fully saturated rings. The Balaban J connectivity index is 1.25. The van der Waals surface area contributed by atoms with Gasteiger partial charge in [-0.2, -0.15) is 0 Å². The van der Waals surface area contributed by atoms with Crippen LogP contribution in [0.4, 0.5) is 0 Å². The predicted molar refractivity (Wildman–Crippen MR) is 223 cm³/mol. The van der Waals surface area contributed by atoms with Gasteiger partial charge in [-0.25, -0.2) is 19.9 Å². The van der Waals surface area contributed by atoms with E-state index in [1.54, 1.807) is 0 Å². The highest BCUT2D eigenvalue weighted by molar-refractivity contribution is 6.12. The number of furan rings is 1. The first-order valence-corrected chi connectivity index (χ1v) is 18.3. The van der Waals surface area contributed by atoms with Crippen molar-refractivity contribution in [3.8, 4) is 78.9 Å². The first-order valence-electron chi connectivity index (χ1n) is 18.3. The lowest BCUT2D eigenvalue weighted by Gasteiger charge is -2.14. The van der Waals surface area contributed by atoms with Crippen molar-refractivity contribution in [1.82, 2.24) is 19.9 Å². The van der Waals surface area contributed by atoms with E-state index in [2.05, 4.69) is 103 Å². The topological polar surface area (TPSA) is 64.7 Å². The number of hydrogen-bond donors (Lipinski definition) is 0. The van der Waals surface area contributed by atoms with E-state index in [9.17, 15) is 0 Å². The summed E-state index contributed by atoms with van der Waals surface area (Å²) in [6, 6.07) is 66.2. The molecule has 0 saturated heterocycles. The summed E-state index contributed by atoms with van der Waals surface area (Å²) >= 11 is 0. The van der Waals surface area contributed by atoms with Gasteiger partial charge in [-0.1, -0.05) is 152 Å². The Bertz CT molecular complexity index is 2700. The number of para-hydroxylation sites is 1. The molecule has 0 atom stereocenters. The maximum atomic E-state index is 6.36. The molecule has 0 spiro atoms. The van der Waals surface area contributed by atoms with Crippen molar-refractivity contribution in [3.63, 3.8) is 0 Å². The van der Waals surface area contributed by atoms with Crippen LogP contribution in [0.25, 0.3) is 101 Å². The summed E-state index contributed by atoms with van der Waals surface area (Å²) in [5.74, 6) is 1.32. The molecule has 5 heteroatoms. The minimum Gasteiger partial charge on any atom is -0.456 e. The minimum atomic E-state index is 0.659. The Hall–Kier alpha value is -7.50. The van der Waals surface area contributed by atoms with E-state index in [-0.39, 0.29) is 0 Å². The molecular weight excluding hydrogens is 673 g/mol. The molecular formula is C50H32N4O. The Kier molecular flexibility index (Phi) is 8.08. The van der Waals surface area contributed by atoms with Crippen LogP contribution in [-0.4, -0.2) is 19.9 Å². The van der Waals surface area contributed by atoms with Gasteiger partial charge in [-0.15, -0.1) is 0 Å². The first kappa shape index (κ1) is 32.2. The Morgan fingerprint density at radius 2 is 0.691 bits per heavy atom. The molecule has 5 nitrogen and oxygen atoms in total. The normalized spacial score (nSPS) is 11.3. The summed E-state index contributed by atoms with van der Waals surface area (Å²) in [4.78, 5) is 20.6. The molecule has 258 valence electrons. The number of rotatable bonds is 7. The number of aromatic nitrogens is 4. The molecule has 0 saturated carbocycles. The fraction of sp³-hybridized carbons (Fsp3) is 0. The molecule has 55 heavy (non-hydrogen) atoms. The van der Waals surface area contributed by atoms with Crippen molar-refractivity contribution in [2.45, 2.75) is 0 Å². The van der Waals surface area contributed by atoms with Crippen molar-refractivity contribution in [2.75, 3.05) is 0 Å². The lowest BCUT2D eigenvalue weighted by molar-refractivity contribution is 0.669. The van der Waals surface area contributed by atoms with Gasteiger partial charge in [-0.05, 0) is 53.6 Å². The van der Waals surface area contributed by atoms with E-state index in [1.807, 2.05) is 91.0 Å². The number of fused-ring (bicyclic) bond motifs is 3. The van der Waals surface area contributed by atoms with Crippen molar-refractivity contribution < 1.29 is 4.42 Å². The zero-order chi connectivity index (χ0) is 36.6. The lowest BCUT2D eigenvalue weighted by Crippen LogP contribution is -1.98. The molecule has 0 aliphatic rings. The van der Waals surface area contributed by atoms with E-state index in [4.69, 9.17) is 24.4 Å². The van der Waals surface area contributed by atoms with Gasteiger partial charge in [0.05, 0.1) is 22.8 Å². The van der Waals surface area contributed by atoms with Crippen LogP contribution in [0.3, 0.4) is 0 Å². The molecule has 0 bridgehead atoms. The van der Waals surface area contributed by atoms with Gasteiger partial charge in [0.1, 0.15) is 11.2 Å². The van der Waals surface area contributed by atoms with Crippen molar-refractivity contribution in [3.05, 3.63) is 194 Å². The highest BCUT2D eigenvalue weighted by Gasteiger charge is 2.18. The van der Waals surface area contributed by atoms with Gasteiger partial charge in [-0.3, -0.25) is 0 Å². The number of nitrogens with zero attached hydrogens (tertiary/aromatic N) is 4. The highest BCUT2D eigenvalue weighted by atomic mass is 16.3. The van der Waals surface area contributed by atoms with Gasteiger partial charge in [0.25, 0.3) is 0 Å². The smallest absolute Gasteiger partial charge is 0.160 e. The van der Waals surface area contributed by atoms with Gasteiger partial charge in [0.2, 0.25) is 0 Å². The third kappa shape index (κ3) is 6.24. The molecule has 0 unspecified atom stereocenters. The fourth-order valence-electron chi connectivity index (χ4n) is 7.23. The molecule has 3 aromatic heterocycles. The molecule has 0 radical (unpaired) electrons. The van der Waals surface area contributed by atoms with Crippen molar-refractivity contribution >= 4 is 21.9 Å². The van der Waals surface area contributed by atoms with Crippen LogP contribution >= 0.6 is 0 Å². The highest BCUT2D eigenvalue weighted by Crippen LogP contribution is 2.40. The molecule has 7 aromatic carbocycles. The second-order valence-corrected chi connectivity index (χ2v) is 13.5. The van der Waals surface area contributed by atoms with Crippen LogP contribution in [-0.2, 0) is 0 Å². The third-order valence-corrected chi connectivity index (χ3v) is 9.89. The lowest BCUT2D eigenvalue weighted by atomic mass is 9.93. The SMILES string of the molecule is c1ccc(-c2cc(-c3cc(-c4cc(-c5ccccc5)nc(-c5ccccc5)n4)cc(-c4cccc5oc6ccccc6c45)c3)nc(-c3ccccc3)n2)cc1. The maximum absolute atomic E-state index is 6.36. The maximum Gasteiger partial charge on any atom is 0.160 e. The average Bonchev–Trinajstić information content (AvgIpc) is 3.66. The van der Waals surface area contributed by atoms with E-state index < -0.39 is 0 Å². The Morgan fingerprint density at radius 1 is 0.291 bits per heavy atom. The van der Waals surface area contributed by atoms with Gasteiger partial charge < -0.3 is 4.42 Å². The monoisotopic (exact) mass is 704 g/mol. The Morgan fingerprint density at radius 3 is 1.20 bits per heavy atom. The standard InChI is InChI=1S/C50H32N4O/c1-5-16-33(17-6-1)42-31-44(53-49(51-42)35-20-9-3-10-21-35)38-28-37(40-25-15-27-47-48(40)41-24-13-14-26-46(41)55-47)29-39(30-38)45-32-43(34-18-7-2-8-19-34)52-50(54-45)36-22-11-4-12-23-36/h1-32H. The zero-order valence-corrected chi connectivity index (χ0v) is 29.7. The summed E-state index contributed by atoms with van der Waals surface area (Å²) in [5.41, 5.74) is 12.9. The van der Waals surface area contributed by atoms with Gasteiger partial charge >= 0.3 is 0 Å². The van der Waals surface area contributed by atoms with Crippen LogP contribution in [0.5, 0.6) is 0 Å². The van der Waals surface area contributed by atoms with E-state index in [0.29, 0.717) is 11.6 Å². The number of benzene rings is 7. The molecule has 0 N–H and O–H groups in total. The van der Waals surface area contributed by atoms with Crippen molar-refractivity contribution in [2.24, 2.45) is 0 Å². The van der Waals surface area contributed by atoms with Crippen molar-refractivity contribution in [1.29, 1.82) is 0 Å². The summed E-state index contributed by atoms with van der Waals surface area (Å²) in [5, 5.41) is 2.14. The van der Waals surface area contributed by atoms with Crippen LogP contribution in [0.15, 0.2) is 199 Å². The summed E-state index contributed by atoms with van der Waals surface area (Å²) in [7, 11) is 0. The minimum absolute atomic E-state index is 0.659. The first-order chi connectivity index (χ1) is 27.2. The summed E-state index contributed by atoms with van der Waals surface area (Å²) < 4.78 is 6.36. The van der Waals surface area contributed by atoms with Crippen LogP contribution in [0.1, 0.15) is 0 Å². The van der Waals surface area contributed by atoms with Crippen LogP contribution < -0.4 is 0 Å². The second-order valence-electron chi connectivity index (χ2n) is 13.5. The van der Waals surface area contributed by atoms with Gasteiger partial charge in [0.15, 0.2) is 11.6 Å². The molecule has 0 aliphatic carbocycles. The molecule has 0 aliphatic heterocycles. The average molecular weight is 705 g/mol. The summed E-state index contributed by atoms with van der Waals surface area (Å²) in [6.07, 6.45) is 0. The van der Waals surface area contributed by atoms with E-state index >= 15 is 0 Å². The quantitative estimate of drug-likeness (QED) is 0.165. The predicted octanol–water partition coefficient (Wildman–Crippen LogP) is 12.8. The van der Waals surface area contributed by atoms with E-state index in [0.717, 1.165) is 89.2 Å². The van der Waals surface area contributed by atoms with Crippen LogP contribution in [0, 0.1) is 0 Å².